The van der Waals surface area contributed by atoms with Gasteiger partial charge < -0.3 is 10.0 Å². The number of nitrogens with zero attached hydrogens (tertiary/aromatic N) is 1. The molecule has 14 heavy (non-hydrogen) atoms. The van der Waals surface area contributed by atoms with Crippen molar-refractivity contribution in [2.75, 3.05) is 13.1 Å². The van der Waals surface area contributed by atoms with Gasteiger partial charge in [-0.2, -0.15) is 11.8 Å². The second-order valence-electron chi connectivity index (χ2n) is 3.63. The second-order valence-corrected chi connectivity index (χ2v) is 5.51. The van der Waals surface area contributed by atoms with E-state index in [0.29, 0.717) is 23.6 Å². The minimum atomic E-state index is -1.05. The number of rotatable bonds is 2. The summed E-state index contributed by atoms with van der Waals surface area (Å²) in [5.41, 5.74) is 0. The molecule has 1 N–H and O–H groups in total. The molecule has 0 aromatic rings. The molecule has 1 amide bonds. The SMILES string of the molecule is CC1CN(C(=O)CC(=O)O)CC(C)S1. The Kier molecular flexibility index (Phi) is 3.80. The molecule has 1 aliphatic heterocycles. The number of carboxylic acids is 1. The zero-order valence-corrected chi connectivity index (χ0v) is 9.21. The highest BCUT2D eigenvalue weighted by molar-refractivity contribution is 8.00. The van der Waals surface area contributed by atoms with Gasteiger partial charge in [0.2, 0.25) is 5.91 Å². The summed E-state index contributed by atoms with van der Waals surface area (Å²) >= 11 is 1.84. The molecule has 2 atom stereocenters. The molecule has 80 valence electrons. The molecule has 5 heteroatoms. The van der Waals surface area contributed by atoms with Crippen molar-refractivity contribution in [2.24, 2.45) is 0 Å². The summed E-state index contributed by atoms with van der Waals surface area (Å²) in [4.78, 5) is 23.5. The van der Waals surface area contributed by atoms with Crippen molar-refractivity contribution in [1.29, 1.82) is 0 Å². The van der Waals surface area contributed by atoms with E-state index in [1.54, 1.807) is 4.90 Å². The van der Waals surface area contributed by atoms with E-state index in [1.807, 2.05) is 11.8 Å². The largest absolute Gasteiger partial charge is 0.481 e. The highest BCUT2D eigenvalue weighted by atomic mass is 32.2. The van der Waals surface area contributed by atoms with Gasteiger partial charge in [0.05, 0.1) is 0 Å². The molecule has 4 nitrogen and oxygen atoms in total. The van der Waals surface area contributed by atoms with Crippen molar-refractivity contribution in [1.82, 2.24) is 4.90 Å². The fourth-order valence-corrected chi connectivity index (χ4v) is 2.95. The maximum absolute atomic E-state index is 11.4. The fourth-order valence-electron chi connectivity index (χ4n) is 1.62. The van der Waals surface area contributed by atoms with E-state index in [9.17, 15) is 9.59 Å². The normalized spacial score (nSPS) is 27.4. The molecule has 1 aliphatic rings. The van der Waals surface area contributed by atoms with Gasteiger partial charge in [-0.3, -0.25) is 9.59 Å². The minimum Gasteiger partial charge on any atom is -0.481 e. The standard InChI is InChI=1S/C9H15NO3S/c1-6-4-10(5-7(2)14-6)8(11)3-9(12)13/h6-7H,3-5H2,1-2H3,(H,12,13). The number of hydrogen-bond acceptors (Lipinski definition) is 3. The minimum absolute atomic E-state index is 0.267. The van der Waals surface area contributed by atoms with Crippen molar-refractivity contribution in [3.8, 4) is 0 Å². The van der Waals surface area contributed by atoms with Crippen LogP contribution in [0.1, 0.15) is 20.3 Å². The van der Waals surface area contributed by atoms with Crippen LogP contribution in [0.25, 0.3) is 0 Å². The van der Waals surface area contributed by atoms with Gasteiger partial charge in [-0.15, -0.1) is 0 Å². The smallest absolute Gasteiger partial charge is 0.312 e. The van der Waals surface area contributed by atoms with E-state index in [4.69, 9.17) is 5.11 Å². The first kappa shape index (κ1) is 11.4. The van der Waals surface area contributed by atoms with Crippen molar-refractivity contribution in [2.45, 2.75) is 30.8 Å². The van der Waals surface area contributed by atoms with Crippen molar-refractivity contribution >= 4 is 23.6 Å². The predicted octanol–water partition coefficient (Wildman–Crippen LogP) is 0.814. The Balaban J connectivity index is 2.50. The van der Waals surface area contributed by atoms with Crippen LogP contribution in [0.4, 0.5) is 0 Å². The highest BCUT2D eigenvalue weighted by Gasteiger charge is 2.26. The molecule has 0 aromatic carbocycles. The van der Waals surface area contributed by atoms with E-state index >= 15 is 0 Å². The molecule has 2 unspecified atom stereocenters. The van der Waals surface area contributed by atoms with Crippen LogP contribution >= 0.6 is 11.8 Å². The first-order valence-electron chi connectivity index (χ1n) is 4.64. The van der Waals surface area contributed by atoms with E-state index in [1.165, 1.54) is 0 Å². The lowest BCUT2D eigenvalue weighted by atomic mass is 10.3. The first-order valence-corrected chi connectivity index (χ1v) is 5.58. The monoisotopic (exact) mass is 217 g/mol. The lowest BCUT2D eigenvalue weighted by molar-refractivity contribution is -0.144. The number of carboxylic acid groups (broad SMARTS) is 1. The van der Waals surface area contributed by atoms with Crippen molar-refractivity contribution in [3.05, 3.63) is 0 Å². The van der Waals surface area contributed by atoms with Gasteiger partial charge in [0, 0.05) is 23.6 Å². The maximum Gasteiger partial charge on any atom is 0.312 e. The maximum atomic E-state index is 11.4. The zero-order valence-electron chi connectivity index (χ0n) is 8.40. The van der Waals surface area contributed by atoms with E-state index in [0.717, 1.165) is 0 Å². The number of carbonyl (C=O) groups is 2. The Hall–Kier alpha value is -0.710. The molecule has 1 rings (SSSR count). The molecule has 0 spiro atoms. The van der Waals surface area contributed by atoms with Crippen molar-refractivity contribution < 1.29 is 14.7 Å². The summed E-state index contributed by atoms with van der Waals surface area (Å²) in [6, 6.07) is 0. The molecule has 0 aromatic heterocycles. The molecule has 0 radical (unpaired) electrons. The van der Waals surface area contributed by atoms with Crippen LogP contribution in [0.15, 0.2) is 0 Å². The average molecular weight is 217 g/mol. The van der Waals surface area contributed by atoms with Crippen molar-refractivity contribution in [3.63, 3.8) is 0 Å². The zero-order chi connectivity index (χ0) is 10.7. The second kappa shape index (κ2) is 4.68. The van der Waals surface area contributed by atoms with Crippen LogP contribution in [0.5, 0.6) is 0 Å². The van der Waals surface area contributed by atoms with Crippen LogP contribution in [0.3, 0.4) is 0 Å². The van der Waals surface area contributed by atoms with Gasteiger partial charge in [-0.25, -0.2) is 0 Å². The summed E-state index contributed by atoms with van der Waals surface area (Å²) in [6.07, 6.45) is -0.385. The first-order chi connectivity index (χ1) is 6.49. The predicted molar refractivity (Wildman–Crippen MR) is 55.3 cm³/mol. The lowest BCUT2D eigenvalue weighted by Crippen LogP contribution is -2.44. The van der Waals surface area contributed by atoms with Crippen LogP contribution in [-0.2, 0) is 9.59 Å². The Morgan fingerprint density at radius 3 is 2.29 bits per heavy atom. The molecule has 1 heterocycles. The molecule has 1 saturated heterocycles. The molecule has 0 saturated carbocycles. The molecule has 0 aliphatic carbocycles. The third-order valence-corrected chi connectivity index (χ3v) is 3.30. The van der Waals surface area contributed by atoms with Gasteiger partial charge in [-0.1, -0.05) is 13.8 Å². The van der Waals surface area contributed by atoms with E-state index in [2.05, 4.69) is 13.8 Å². The van der Waals surface area contributed by atoms with Crippen LogP contribution in [0.2, 0.25) is 0 Å². The molecule has 0 bridgehead atoms. The van der Waals surface area contributed by atoms with Gasteiger partial charge in [-0.05, 0) is 0 Å². The van der Waals surface area contributed by atoms with Gasteiger partial charge in [0.25, 0.3) is 0 Å². The highest BCUT2D eigenvalue weighted by Crippen LogP contribution is 2.24. The number of amides is 1. The fraction of sp³-hybridized carbons (Fsp3) is 0.778. The summed E-state index contributed by atoms with van der Waals surface area (Å²) in [5, 5.41) is 9.29. The Labute approximate surface area is 87.7 Å². The van der Waals surface area contributed by atoms with E-state index in [-0.39, 0.29) is 12.3 Å². The number of carbonyl (C=O) groups excluding carboxylic acids is 1. The topological polar surface area (TPSA) is 57.6 Å². The third kappa shape index (κ3) is 3.21. The van der Waals surface area contributed by atoms with E-state index < -0.39 is 5.97 Å². The third-order valence-electron chi connectivity index (χ3n) is 2.07. The number of hydrogen-bond donors (Lipinski definition) is 1. The number of thioether (sulfide) groups is 1. The summed E-state index contributed by atoms with van der Waals surface area (Å²) in [6.45, 7) is 5.45. The van der Waals surface area contributed by atoms with Crippen LogP contribution in [-0.4, -0.2) is 45.5 Å². The Morgan fingerprint density at radius 2 is 1.86 bits per heavy atom. The summed E-state index contributed by atoms with van der Waals surface area (Å²) in [7, 11) is 0. The molecular weight excluding hydrogens is 202 g/mol. The molecule has 1 fully saturated rings. The van der Waals surface area contributed by atoms with Gasteiger partial charge >= 0.3 is 5.97 Å². The summed E-state index contributed by atoms with van der Waals surface area (Å²) < 4.78 is 0. The number of aliphatic carboxylic acids is 1. The average Bonchev–Trinajstić information content (AvgIpc) is 2.00. The molecular formula is C9H15NO3S. The summed E-state index contributed by atoms with van der Waals surface area (Å²) in [5.74, 6) is -1.31. The van der Waals surface area contributed by atoms with Gasteiger partial charge in [0.15, 0.2) is 0 Å². The Morgan fingerprint density at radius 1 is 1.36 bits per heavy atom. The van der Waals surface area contributed by atoms with Crippen LogP contribution in [0, 0.1) is 0 Å². The lowest BCUT2D eigenvalue weighted by Gasteiger charge is -2.34. The Bertz CT molecular complexity index is 234. The quantitative estimate of drug-likeness (QED) is 0.695. The van der Waals surface area contributed by atoms with Crippen LogP contribution < -0.4 is 0 Å². The van der Waals surface area contributed by atoms with Gasteiger partial charge in [0.1, 0.15) is 6.42 Å².